The molecule has 5 nitrogen and oxygen atoms in total. The molecule has 1 aromatic rings. The summed E-state index contributed by atoms with van der Waals surface area (Å²) in [4.78, 5) is 13.5. The third-order valence-electron chi connectivity index (χ3n) is 10.7. The number of Topliss-reactive ketones (excluding diaryl/α,β-unsaturated/α-hetero) is 1. The average molecular weight is 413 g/mol. The van der Waals surface area contributed by atoms with E-state index in [0.717, 1.165) is 48.3 Å². The highest BCUT2D eigenvalue weighted by Gasteiger charge is 2.61. The molecule has 4 aliphatic rings. The maximum atomic E-state index is 13.5. The summed E-state index contributed by atoms with van der Waals surface area (Å²) in [5, 5.41) is 11.7. The van der Waals surface area contributed by atoms with Crippen LogP contribution < -0.4 is 0 Å². The molecular weight excluding hydrogens is 372 g/mol. The van der Waals surface area contributed by atoms with Crippen molar-refractivity contribution in [2.45, 2.75) is 98.4 Å². The van der Waals surface area contributed by atoms with Crippen LogP contribution in [0.5, 0.6) is 0 Å². The van der Waals surface area contributed by atoms with Crippen LogP contribution in [0, 0.1) is 53.3 Å². The molecule has 5 heteroatoms. The average Bonchev–Trinajstić information content (AvgIpc) is 3.32. The minimum Gasteiger partial charge on any atom is -0.297 e. The largest absolute Gasteiger partial charge is 0.297 e. The zero-order valence-corrected chi connectivity index (χ0v) is 19.4. The van der Waals surface area contributed by atoms with Crippen LogP contribution in [0.2, 0.25) is 0 Å². The van der Waals surface area contributed by atoms with Crippen LogP contribution in [-0.2, 0) is 11.3 Å². The van der Waals surface area contributed by atoms with Gasteiger partial charge in [0, 0.05) is 5.92 Å². The van der Waals surface area contributed by atoms with Crippen LogP contribution in [0.15, 0.2) is 0 Å². The first kappa shape index (κ1) is 20.6. The summed E-state index contributed by atoms with van der Waals surface area (Å²) in [5.41, 5.74) is 0.784. The maximum absolute atomic E-state index is 13.5. The number of rotatable bonds is 4. The van der Waals surface area contributed by atoms with E-state index in [2.05, 4.69) is 36.3 Å². The molecule has 0 saturated heterocycles. The second-order valence-electron chi connectivity index (χ2n) is 11.6. The fraction of sp³-hybridized carbons (Fsp3) is 0.920. The second kappa shape index (κ2) is 7.41. The van der Waals surface area contributed by atoms with Gasteiger partial charge in [0.15, 0.2) is 5.78 Å². The summed E-state index contributed by atoms with van der Waals surface area (Å²) in [6.07, 6.45) is 13.3. The van der Waals surface area contributed by atoms with Gasteiger partial charge in [-0.15, -0.1) is 5.10 Å². The van der Waals surface area contributed by atoms with Crippen LogP contribution in [0.3, 0.4) is 0 Å². The first-order valence-electron chi connectivity index (χ1n) is 12.6. The van der Waals surface area contributed by atoms with Crippen molar-refractivity contribution in [3.05, 3.63) is 5.82 Å². The van der Waals surface area contributed by atoms with Gasteiger partial charge in [-0.3, -0.25) is 4.79 Å². The number of carbonyl (C=O) groups is 1. The van der Waals surface area contributed by atoms with Crippen LogP contribution in [0.4, 0.5) is 0 Å². The highest BCUT2D eigenvalue weighted by atomic mass is 16.1. The van der Waals surface area contributed by atoms with Crippen molar-refractivity contribution in [2.24, 2.45) is 46.3 Å². The summed E-state index contributed by atoms with van der Waals surface area (Å²) in [6.45, 7) is 9.71. The first-order chi connectivity index (χ1) is 14.4. The molecular formula is C25H40N4O. The lowest BCUT2D eigenvalue weighted by Gasteiger charge is -2.61. The van der Waals surface area contributed by atoms with E-state index in [9.17, 15) is 4.79 Å². The number of aromatic nitrogens is 4. The standard InChI is InChI=1S/C25H40N4O/c1-5-25-13-11-20-19(7-6-18-14-16(2)10-12-24(18,20)4)21(25)8-9-22(25)23(30)15-29-17(3)26-27-28-29/h16,18-22H,5-15H2,1-4H3. The van der Waals surface area contributed by atoms with Crippen molar-refractivity contribution in [1.29, 1.82) is 0 Å². The Bertz CT molecular complexity index is 805. The summed E-state index contributed by atoms with van der Waals surface area (Å²) < 4.78 is 1.69. The molecule has 5 rings (SSSR count). The van der Waals surface area contributed by atoms with E-state index in [1.165, 1.54) is 51.4 Å². The molecule has 0 aromatic carbocycles. The van der Waals surface area contributed by atoms with Gasteiger partial charge < -0.3 is 0 Å². The van der Waals surface area contributed by atoms with E-state index >= 15 is 0 Å². The van der Waals surface area contributed by atoms with Gasteiger partial charge in [0.25, 0.3) is 0 Å². The zero-order valence-electron chi connectivity index (χ0n) is 19.4. The number of hydrogen-bond donors (Lipinski definition) is 0. The topological polar surface area (TPSA) is 60.7 Å². The lowest BCUT2D eigenvalue weighted by Crippen LogP contribution is -2.54. The number of fused-ring (bicyclic) bond motifs is 5. The third kappa shape index (κ3) is 2.93. The normalized spacial score (nSPS) is 45.5. The van der Waals surface area contributed by atoms with E-state index in [1.54, 1.807) is 4.68 Å². The SMILES string of the molecule is CCC12CCC3C(CCC4CC(C)CCC43C)C1CCC2C(=O)Cn1nnnc1C. The van der Waals surface area contributed by atoms with Crippen LogP contribution in [0.25, 0.3) is 0 Å². The fourth-order valence-corrected chi connectivity index (χ4v) is 9.10. The fourth-order valence-electron chi connectivity index (χ4n) is 9.10. The Balaban J connectivity index is 1.39. The molecule has 8 atom stereocenters. The Kier molecular flexibility index (Phi) is 5.10. The minimum atomic E-state index is 0.203. The van der Waals surface area contributed by atoms with Crippen LogP contribution >= 0.6 is 0 Å². The van der Waals surface area contributed by atoms with Crippen molar-refractivity contribution >= 4 is 5.78 Å². The quantitative estimate of drug-likeness (QED) is 0.679. The molecule has 1 aromatic heterocycles. The second-order valence-corrected chi connectivity index (χ2v) is 11.6. The number of hydrogen-bond acceptors (Lipinski definition) is 4. The first-order valence-corrected chi connectivity index (χ1v) is 12.6. The Morgan fingerprint density at radius 3 is 2.67 bits per heavy atom. The predicted octanol–water partition coefficient (Wildman–Crippen LogP) is 5.24. The maximum Gasteiger partial charge on any atom is 0.158 e. The van der Waals surface area contributed by atoms with Gasteiger partial charge in [-0.05, 0) is 116 Å². The third-order valence-corrected chi connectivity index (χ3v) is 10.7. The van der Waals surface area contributed by atoms with Crippen molar-refractivity contribution in [2.75, 3.05) is 0 Å². The molecule has 0 aliphatic heterocycles. The number of aryl methyl sites for hydroxylation is 1. The van der Waals surface area contributed by atoms with Gasteiger partial charge in [-0.25, -0.2) is 4.68 Å². The van der Waals surface area contributed by atoms with E-state index < -0.39 is 0 Å². The highest BCUT2D eigenvalue weighted by Crippen LogP contribution is 2.68. The number of tetrazole rings is 1. The van der Waals surface area contributed by atoms with Gasteiger partial charge in [-0.1, -0.05) is 27.2 Å². The lowest BCUT2D eigenvalue weighted by atomic mass is 9.43. The Hall–Kier alpha value is -1.26. The lowest BCUT2D eigenvalue weighted by molar-refractivity contribution is -0.140. The minimum absolute atomic E-state index is 0.203. The summed E-state index contributed by atoms with van der Waals surface area (Å²) in [7, 11) is 0. The van der Waals surface area contributed by atoms with Crippen molar-refractivity contribution in [3.63, 3.8) is 0 Å². The van der Waals surface area contributed by atoms with E-state index in [1.807, 2.05) is 6.92 Å². The van der Waals surface area contributed by atoms with E-state index in [4.69, 9.17) is 0 Å². The molecule has 0 spiro atoms. The monoisotopic (exact) mass is 412 g/mol. The van der Waals surface area contributed by atoms with Crippen molar-refractivity contribution < 1.29 is 4.79 Å². The molecule has 4 fully saturated rings. The molecule has 4 saturated carbocycles. The number of carbonyl (C=O) groups excluding carboxylic acids is 1. The molecule has 30 heavy (non-hydrogen) atoms. The molecule has 0 radical (unpaired) electrons. The predicted molar refractivity (Wildman–Crippen MR) is 117 cm³/mol. The van der Waals surface area contributed by atoms with E-state index in [-0.39, 0.29) is 11.3 Å². The molecule has 0 N–H and O–H groups in total. The van der Waals surface area contributed by atoms with Gasteiger partial charge >= 0.3 is 0 Å². The summed E-state index contributed by atoms with van der Waals surface area (Å²) >= 11 is 0. The highest BCUT2D eigenvalue weighted by molar-refractivity contribution is 5.82. The molecule has 0 amide bonds. The summed E-state index contributed by atoms with van der Waals surface area (Å²) in [5.74, 6) is 5.67. The number of ketones is 1. The van der Waals surface area contributed by atoms with Crippen LogP contribution in [0.1, 0.15) is 90.8 Å². The van der Waals surface area contributed by atoms with Gasteiger partial charge in [0.05, 0.1) is 0 Å². The molecule has 8 unspecified atom stereocenters. The molecule has 4 aliphatic carbocycles. The number of nitrogens with zero attached hydrogens (tertiary/aromatic N) is 4. The Morgan fingerprint density at radius 2 is 1.93 bits per heavy atom. The van der Waals surface area contributed by atoms with Crippen molar-refractivity contribution in [3.8, 4) is 0 Å². The Labute approximate surface area is 181 Å². The zero-order chi connectivity index (χ0) is 21.1. The summed E-state index contributed by atoms with van der Waals surface area (Å²) in [6, 6.07) is 0. The molecule has 166 valence electrons. The smallest absolute Gasteiger partial charge is 0.158 e. The van der Waals surface area contributed by atoms with Gasteiger partial charge in [0.1, 0.15) is 12.4 Å². The Morgan fingerprint density at radius 1 is 1.10 bits per heavy atom. The van der Waals surface area contributed by atoms with Crippen LogP contribution in [-0.4, -0.2) is 26.0 Å². The van der Waals surface area contributed by atoms with Gasteiger partial charge in [-0.2, -0.15) is 0 Å². The van der Waals surface area contributed by atoms with Crippen molar-refractivity contribution in [1.82, 2.24) is 20.2 Å². The molecule has 1 heterocycles. The van der Waals surface area contributed by atoms with E-state index in [0.29, 0.717) is 17.7 Å². The molecule has 0 bridgehead atoms. The van der Waals surface area contributed by atoms with Gasteiger partial charge in [0.2, 0.25) is 0 Å².